The lowest BCUT2D eigenvalue weighted by molar-refractivity contribution is -0.459. The van der Waals surface area contributed by atoms with Crippen LogP contribution in [0.1, 0.15) is 0 Å². The molecule has 0 unspecified atom stereocenters. The van der Waals surface area contributed by atoms with Crippen molar-refractivity contribution in [3.8, 4) is 0 Å². The fraction of sp³-hybridized carbons (Fsp3) is 0.125. The lowest BCUT2D eigenvalue weighted by atomic mass is 10.3. The lowest BCUT2D eigenvalue weighted by Gasteiger charge is -1.83. The lowest BCUT2D eigenvalue weighted by Crippen LogP contribution is -1.89. The van der Waals surface area contributed by atoms with Crippen LogP contribution in [0.25, 0.3) is 0 Å². The summed E-state index contributed by atoms with van der Waals surface area (Å²) >= 11 is 9.05. The van der Waals surface area contributed by atoms with Gasteiger partial charge in [-0.1, -0.05) is 18.2 Å². The van der Waals surface area contributed by atoms with Gasteiger partial charge in [0.1, 0.15) is 0 Å². The molecule has 4 nitrogen and oxygen atoms in total. The van der Waals surface area contributed by atoms with E-state index in [2.05, 4.69) is 34.0 Å². The number of alkyl halides is 1. The number of isothiocyanates is 1. The highest BCUT2D eigenvalue weighted by Gasteiger charge is 1.80. The van der Waals surface area contributed by atoms with Crippen molar-refractivity contribution in [2.45, 2.75) is 0 Å². The molecule has 1 aromatic carbocycles. The molecule has 0 amide bonds. The Balaban J connectivity index is 0.000000292. The second-order valence-electron chi connectivity index (χ2n) is 1.99. The van der Waals surface area contributed by atoms with E-state index in [9.17, 15) is 0 Å². The normalized spacial score (nSPS) is 7.79. The Morgan fingerprint density at radius 2 is 2.00 bits per heavy atom. The molecule has 0 saturated heterocycles. The summed E-state index contributed by atoms with van der Waals surface area (Å²) in [6.45, 7) is 0. The highest BCUT2D eigenvalue weighted by molar-refractivity contribution is 7.78. The van der Waals surface area contributed by atoms with Crippen LogP contribution in [-0.2, 0) is 0 Å². The Kier molecular flexibility index (Phi) is 7.55. The Morgan fingerprint density at radius 3 is 2.36 bits per heavy atom. The summed E-state index contributed by atoms with van der Waals surface area (Å²) in [5.41, 5.74) is 0.854. The molecule has 0 N–H and O–H groups in total. The number of para-hydroxylation sites is 1. The number of nitrogens with zero attached hydrogens (tertiary/aromatic N) is 2. The van der Waals surface area contributed by atoms with Gasteiger partial charge in [-0.05, 0) is 36.0 Å². The maximum absolute atomic E-state index is 9.04. The van der Waals surface area contributed by atoms with E-state index in [0.29, 0.717) is 0 Å². The largest absolute Gasteiger partial charge is 0.276 e. The first-order valence-electron chi connectivity index (χ1n) is 3.51. The van der Waals surface area contributed by atoms with Crippen molar-refractivity contribution in [3.63, 3.8) is 0 Å². The summed E-state index contributed by atoms with van der Waals surface area (Å²) in [6, 6.07) is 9.00. The number of nitro groups is 1. The van der Waals surface area contributed by atoms with Crippen LogP contribution < -0.4 is 0 Å². The van der Waals surface area contributed by atoms with Crippen LogP contribution in [0, 0.1) is 10.1 Å². The highest BCUT2D eigenvalue weighted by atomic mass is 35.5. The Morgan fingerprint density at radius 1 is 1.50 bits per heavy atom. The van der Waals surface area contributed by atoms with Gasteiger partial charge in [-0.2, -0.15) is 4.99 Å². The van der Waals surface area contributed by atoms with Crippen molar-refractivity contribution in [1.29, 1.82) is 0 Å². The smallest absolute Gasteiger partial charge is 0.263 e. The van der Waals surface area contributed by atoms with E-state index in [1.165, 1.54) is 0 Å². The van der Waals surface area contributed by atoms with E-state index in [1.54, 1.807) is 0 Å². The van der Waals surface area contributed by atoms with Gasteiger partial charge in [0, 0.05) is 4.92 Å². The number of thiocarbonyl (C=S) groups is 1. The SMILES string of the molecule is O=[N+]([O-])CCl.S=C=Nc1ccccc1. The van der Waals surface area contributed by atoms with Crippen molar-refractivity contribution in [3.05, 3.63) is 40.4 Å². The third-order valence-electron chi connectivity index (χ3n) is 1.03. The van der Waals surface area contributed by atoms with E-state index >= 15 is 0 Å². The minimum atomic E-state index is -0.610. The van der Waals surface area contributed by atoms with Crippen molar-refractivity contribution >= 4 is 34.7 Å². The van der Waals surface area contributed by atoms with Gasteiger partial charge < -0.3 is 0 Å². The summed E-state index contributed by atoms with van der Waals surface area (Å²) < 4.78 is 0. The van der Waals surface area contributed by atoms with Crippen molar-refractivity contribution in [1.82, 2.24) is 0 Å². The number of aliphatic imine (C=N–C) groups is 1. The van der Waals surface area contributed by atoms with E-state index < -0.39 is 10.9 Å². The van der Waals surface area contributed by atoms with Gasteiger partial charge in [-0.3, -0.25) is 10.1 Å². The summed E-state index contributed by atoms with van der Waals surface area (Å²) in [5, 5.41) is 11.3. The monoisotopic (exact) mass is 230 g/mol. The van der Waals surface area contributed by atoms with Gasteiger partial charge in [0.05, 0.1) is 10.8 Å². The molecule has 0 aliphatic carbocycles. The number of hydrogen-bond acceptors (Lipinski definition) is 4. The molecule has 1 rings (SSSR count). The molecule has 6 heteroatoms. The zero-order valence-electron chi connectivity index (χ0n) is 7.09. The number of hydrogen-bond donors (Lipinski definition) is 0. The topological polar surface area (TPSA) is 55.5 Å². The molecule has 0 radical (unpaired) electrons. The zero-order valence-corrected chi connectivity index (χ0v) is 8.66. The molecule has 0 aromatic heterocycles. The Bertz CT molecular complexity index is 325. The number of benzene rings is 1. The summed E-state index contributed by atoms with van der Waals surface area (Å²) in [5.74, 6) is 0. The molecule has 0 fully saturated rings. The maximum Gasteiger partial charge on any atom is 0.276 e. The zero-order chi connectivity index (χ0) is 10.8. The summed E-state index contributed by atoms with van der Waals surface area (Å²) in [7, 11) is 0. The van der Waals surface area contributed by atoms with Gasteiger partial charge >= 0.3 is 0 Å². The molecule has 74 valence electrons. The minimum absolute atomic E-state index is 0.500. The first-order chi connectivity index (χ1) is 6.70. The average molecular weight is 231 g/mol. The summed E-state index contributed by atoms with van der Waals surface area (Å²) in [6.07, 6.45) is 0. The Hall–Kier alpha value is -1.29. The molecule has 0 aliphatic rings. The average Bonchev–Trinajstić information content (AvgIpc) is 2.21. The van der Waals surface area contributed by atoms with E-state index in [1.807, 2.05) is 30.3 Å². The second kappa shape index (κ2) is 8.31. The summed E-state index contributed by atoms with van der Waals surface area (Å²) in [4.78, 5) is 12.2. The van der Waals surface area contributed by atoms with Gasteiger partial charge in [0.2, 0.25) is 0 Å². The van der Waals surface area contributed by atoms with Crippen LogP contribution in [-0.4, -0.2) is 16.1 Å². The third-order valence-corrected chi connectivity index (χ3v) is 1.31. The van der Waals surface area contributed by atoms with Crippen LogP contribution >= 0.6 is 23.8 Å². The molecule has 0 aliphatic heterocycles. The first kappa shape index (κ1) is 12.7. The first-order valence-corrected chi connectivity index (χ1v) is 4.45. The molecule has 0 heterocycles. The second-order valence-corrected chi connectivity index (χ2v) is 2.41. The van der Waals surface area contributed by atoms with Gasteiger partial charge in [0.15, 0.2) is 0 Å². The van der Waals surface area contributed by atoms with Crippen molar-refractivity contribution in [2.75, 3.05) is 6.00 Å². The maximum atomic E-state index is 9.04. The number of rotatable bonds is 2. The molecule has 1 aromatic rings. The van der Waals surface area contributed by atoms with Crippen LogP contribution in [0.2, 0.25) is 0 Å². The fourth-order valence-electron chi connectivity index (χ4n) is 0.555. The molecular weight excluding hydrogens is 224 g/mol. The quantitative estimate of drug-likeness (QED) is 0.196. The minimum Gasteiger partial charge on any atom is -0.263 e. The molecule has 0 atom stereocenters. The highest BCUT2D eigenvalue weighted by Crippen LogP contribution is 2.07. The van der Waals surface area contributed by atoms with Crippen LogP contribution in [0.15, 0.2) is 35.3 Å². The third kappa shape index (κ3) is 7.36. The molecular formula is C8H7ClN2O2S. The van der Waals surface area contributed by atoms with Gasteiger partial charge in [0.25, 0.3) is 6.00 Å². The van der Waals surface area contributed by atoms with Gasteiger partial charge in [-0.25, -0.2) is 0 Å². The van der Waals surface area contributed by atoms with Gasteiger partial charge in [-0.15, -0.1) is 0 Å². The fourth-order valence-corrected chi connectivity index (χ4v) is 0.661. The Labute approximate surface area is 91.4 Å². The van der Waals surface area contributed by atoms with Crippen LogP contribution in [0.3, 0.4) is 0 Å². The molecule has 0 spiro atoms. The van der Waals surface area contributed by atoms with Crippen LogP contribution in [0.4, 0.5) is 5.69 Å². The molecule has 14 heavy (non-hydrogen) atoms. The molecule has 0 saturated carbocycles. The van der Waals surface area contributed by atoms with E-state index in [4.69, 9.17) is 10.1 Å². The number of halogens is 1. The van der Waals surface area contributed by atoms with Crippen LogP contribution in [0.5, 0.6) is 0 Å². The van der Waals surface area contributed by atoms with Crippen molar-refractivity contribution in [2.24, 2.45) is 4.99 Å². The van der Waals surface area contributed by atoms with E-state index in [0.717, 1.165) is 5.69 Å². The predicted octanol–water partition coefficient (Wildman–Crippen LogP) is 2.88. The molecule has 0 bridgehead atoms. The predicted molar refractivity (Wildman–Crippen MR) is 58.8 cm³/mol. The standard InChI is InChI=1S/C7H5NS.CH2ClNO2/c9-6-8-7-4-2-1-3-5-7;2-1-3(4)5/h1-5H;1H2. The van der Waals surface area contributed by atoms with Crippen molar-refractivity contribution < 1.29 is 4.92 Å². The van der Waals surface area contributed by atoms with E-state index in [-0.39, 0.29) is 0 Å².